The summed E-state index contributed by atoms with van der Waals surface area (Å²) >= 11 is 0. The fourth-order valence-corrected chi connectivity index (χ4v) is 5.37. The molecule has 222 valence electrons. The highest BCUT2D eigenvalue weighted by atomic mass is 32.2. The summed E-state index contributed by atoms with van der Waals surface area (Å²) in [6.45, 7) is 8.39. The molecule has 0 spiro atoms. The number of nitrogens with two attached hydrogens (primary N) is 1. The van der Waals surface area contributed by atoms with Crippen LogP contribution < -0.4 is 19.9 Å². The molecule has 2 aromatic carbocycles. The van der Waals surface area contributed by atoms with Crippen molar-refractivity contribution in [3.63, 3.8) is 0 Å². The maximum absolute atomic E-state index is 12.3. The van der Waals surface area contributed by atoms with E-state index in [0.717, 1.165) is 35.7 Å². The van der Waals surface area contributed by atoms with E-state index in [9.17, 15) is 8.42 Å². The second kappa shape index (κ2) is 10.9. The molecule has 3 N–H and O–H groups in total. The van der Waals surface area contributed by atoms with E-state index < -0.39 is 10.0 Å². The number of anilines is 1. The first-order valence-electron chi connectivity index (χ1n) is 13.9. The number of rotatable bonds is 10. The first-order valence-corrected chi connectivity index (χ1v) is 15.5. The van der Waals surface area contributed by atoms with Crippen molar-refractivity contribution in [3.8, 4) is 28.6 Å². The van der Waals surface area contributed by atoms with Crippen LogP contribution in [0.4, 0.5) is 5.95 Å². The fraction of sp³-hybridized carbons (Fsp3) is 0.300. The Morgan fingerprint density at radius 1 is 1.00 bits per heavy atom. The minimum Gasteiger partial charge on any atom is -0.492 e. The van der Waals surface area contributed by atoms with Gasteiger partial charge in [0.2, 0.25) is 21.9 Å². The van der Waals surface area contributed by atoms with E-state index in [-0.39, 0.29) is 16.2 Å². The molecule has 0 saturated heterocycles. The fourth-order valence-electron chi connectivity index (χ4n) is 4.68. The quantitative estimate of drug-likeness (QED) is 0.234. The van der Waals surface area contributed by atoms with Crippen LogP contribution in [0.5, 0.6) is 11.6 Å². The highest BCUT2D eigenvalue weighted by molar-refractivity contribution is 7.89. The lowest BCUT2D eigenvalue weighted by Crippen LogP contribution is -2.15. The van der Waals surface area contributed by atoms with Crippen LogP contribution in [0.15, 0.2) is 59.5 Å². The molecule has 0 amide bonds. The Kier molecular flexibility index (Phi) is 7.22. The Morgan fingerprint density at radius 3 is 2.42 bits per heavy atom. The highest BCUT2D eigenvalue weighted by Crippen LogP contribution is 2.41. The average molecular weight is 601 g/mol. The van der Waals surface area contributed by atoms with Gasteiger partial charge in [-0.2, -0.15) is 10.1 Å². The van der Waals surface area contributed by atoms with Crippen LogP contribution in [0.2, 0.25) is 0 Å². The topological polar surface area (TPSA) is 160 Å². The number of primary sulfonamides is 1. The number of hydrogen-bond donors (Lipinski definition) is 2. The van der Waals surface area contributed by atoms with Gasteiger partial charge in [0.15, 0.2) is 5.52 Å². The zero-order valence-corrected chi connectivity index (χ0v) is 25.1. The molecule has 3 heterocycles. The van der Waals surface area contributed by atoms with Crippen LogP contribution in [0.1, 0.15) is 43.9 Å². The summed E-state index contributed by atoms with van der Waals surface area (Å²) < 4.78 is 38.1. The SMILES string of the molecule is CCOc1ccc(-c2ccc3nc(NCc4ccc(-n5nc(C)nc5C)cc4)nc(OC4(C)CC4)c3n2)cc1S(N)(=O)=O. The molecule has 0 aliphatic heterocycles. The molecule has 1 aliphatic carbocycles. The maximum atomic E-state index is 12.3. The normalized spacial score (nSPS) is 14.1. The molecule has 1 aliphatic rings. The molecule has 0 bridgehead atoms. The number of pyridine rings is 1. The molecule has 0 radical (unpaired) electrons. The maximum Gasteiger partial charge on any atom is 0.246 e. The van der Waals surface area contributed by atoms with E-state index in [1.807, 2.05) is 55.8 Å². The van der Waals surface area contributed by atoms with Crippen molar-refractivity contribution in [2.45, 2.75) is 57.6 Å². The number of hydrogen-bond acceptors (Lipinski definition) is 10. The van der Waals surface area contributed by atoms with Gasteiger partial charge in [-0.05, 0) is 88.6 Å². The molecule has 1 saturated carbocycles. The number of aryl methyl sites for hydroxylation is 2. The number of aromatic nitrogens is 6. The van der Waals surface area contributed by atoms with E-state index in [0.29, 0.717) is 47.3 Å². The van der Waals surface area contributed by atoms with Gasteiger partial charge in [0, 0.05) is 12.1 Å². The number of ether oxygens (including phenoxy) is 2. The van der Waals surface area contributed by atoms with Crippen LogP contribution in [-0.4, -0.2) is 50.3 Å². The number of nitrogens with zero attached hydrogens (tertiary/aromatic N) is 6. The van der Waals surface area contributed by atoms with Gasteiger partial charge in [-0.1, -0.05) is 12.1 Å². The molecule has 1 fully saturated rings. The number of sulfonamides is 1. The van der Waals surface area contributed by atoms with E-state index in [1.165, 1.54) is 6.07 Å². The van der Waals surface area contributed by atoms with Gasteiger partial charge in [-0.25, -0.2) is 33.2 Å². The summed E-state index contributed by atoms with van der Waals surface area (Å²) in [4.78, 5) is 18.4. The van der Waals surface area contributed by atoms with Crippen LogP contribution in [0.3, 0.4) is 0 Å². The summed E-state index contributed by atoms with van der Waals surface area (Å²) in [6.07, 6.45) is 1.82. The first-order chi connectivity index (χ1) is 20.5. The van der Waals surface area contributed by atoms with E-state index in [4.69, 9.17) is 19.6 Å². The third kappa shape index (κ3) is 6.13. The lowest BCUT2D eigenvalue weighted by molar-refractivity contribution is 0.194. The van der Waals surface area contributed by atoms with Gasteiger partial charge < -0.3 is 14.8 Å². The predicted molar refractivity (Wildman–Crippen MR) is 162 cm³/mol. The lowest BCUT2D eigenvalue weighted by Gasteiger charge is -2.16. The van der Waals surface area contributed by atoms with Crippen molar-refractivity contribution in [1.29, 1.82) is 0 Å². The van der Waals surface area contributed by atoms with Crippen molar-refractivity contribution >= 4 is 27.0 Å². The molecule has 5 aromatic rings. The van der Waals surface area contributed by atoms with Crippen LogP contribution in [0.25, 0.3) is 28.0 Å². The Hall–Kier alpha value is -4.62. The molecular weight excluding hydrogens is 568 g/mol. The van der Waals surface area contributed by atoms with Crippen molar-refractivity contribution in [2.75, 3.05) is 11.9 Å². The van der Waals surface area contributed by atoms with Gasteiger partial charge in [0.1, 0.15) is 27.9 Å². The second-order valence-electron chi connectivity index (χ2n) is 10.7. The molecular formula is C30H32N8O4S. The largest absolute Gasteiger partial charge is 0.492 e. The zero-order valence-electron chi connectivity index (χ0n) is 24.3. The first kappa shape index (κ1) is 28.5. The monoisotopic (exact) mass is 600 g/mol. The number of nitrogens with one attached hydrogen (secondary N) is 1. The van der Waals surface area contributed by atoms with Gasteiger partial charge in [0.25, 0.3) is 0 Å². The van der Waals surface area contributed by atoms with Crippen molar-refractivity contribution in [2.24, 2.45) is 5.14 Å². The van der Waals surface area contributed by atoms with E-state index >= 15 is 0 Å². The summed E-state index contributed by atoms with van der Waals surface area (Å²) in [7, 11) is -4.02. The van der Waals surface area contributed by atoms with Gasteiger partial charge in [-0.3, -0.25) is 0 Å². The lowest BCUT2D eigenvalue weighted by atomic mass is 10.1. The van der Waals surface area contributed by atoms with Crippen LogP contribution in [0, 0.1) is 13.8 Å². The molecule has 12 nitrogen and oxygen atoms in total. The molecule has 43 heavy (non-hydrogen) atoms. The van der Waals surface area contributed by atoms with Gasteiger partial charge in [0.05, 0.1) is 23.5 Å². The molecule has 0 unspecified atom stereocenters. The van der Waals surface area contributed by atoms with Gasteiger partial charge >= 0.3 is 0 Å². The highest BCUT2D eigenvalue weighted by Gasteiger charge is 2.41. The summed E-state index contributed by atoms with van der Waals surface area (Å²) in [6, 6.07) is 16.4. The zero-order chi connectivity index (χ0) is 30.4. The summed E-state index contributed by atoms with van der Waals surface area (Å²) in [5.74, 6) is 2.51. The number of fused-ring (bicyclic) bond motifs is 1. The molecule has 6 rings (SSSR count). The van der Waals surface area contributed by atoms with Crippen LogP contribution in [-0.2, 0) is 16.6 Å². The summed E-state index contributed by atoms with van der Waals surface area (Å²) in [5.41, 5.74) is 3.80. The van der Waals surface area contributed by atoms with E-state index in [2.05, 4.69) is 25.4 Å². The second-order valence-corrected chi connectivity index (χ2v) is 12.3. The van der Waals surface area contributed by atoms with Gasteiger partial charge in [-0.15, -0.1) is 0 Å². The minimum absolute atomic E-state index is 0.105. The Morgan fingerprint density at radius 2 is 1.77 bits per heavy atom. The Balaban J connectivity index is 1.30. The van der Waals surface area contributed by atoms with E-state index in [1.54, 1.807) is 25.1 Å². The number of benzene rings is 2. The van der Waals surface area contributed by atoms with Crippen molar-refractivity contribution < 1.29 is 17.9 Å². The summed E-state index contributed by atoms with van der Waals surface area (Å²) in [5, 5.41) is 13.2. The van der Waals surface area contributed by atoms with Crippen LogP contribution >= 0.6 is 0 Å². The molecule has 3 aromatic heterocycles. The average Bonchev–Trinajstić information content (AvgIpc) is 3.60. The third-order valence-electron chi connectivity index (χ3n) is 7.16. The predicted octanol–water partition coefficient (Wildman–Crippen LogP) is 4.48. The molecule has 13 heteroatoms. The third-order valence-corrected chi connectivity index (χ3v) is 8.09. The Labute approximate surface area is 249 Å². The minimum atomic E-state index is -4.02. The van der Waals surface area contributed by atoms with Crippen molar-refractivity contribution in [3.05, 3.63) is 71.8 Å². The van der Waals surface area contributed by atoms with Crippen molar-refractivity contribution in [1.82, 2.24) is 29.7 Å². The standard InChI is InChI=1S/C30H32N8O4S/c1-5-41-25-13-8-21(16-26(25)43(31,39)40)23-11-12-24-27(34-23)28(42-30(4)14-15-30)36-29(35-24)32-17-20-6-9-22(10-7-20)38-19(3)33-18(2)37-38/h6-13,16H,5,14-15,17H2,1-4H3,(H2,31,39,40)(H,32,35,36). The Bertz CT molecular complexity index is 1940. The smallest absolute Gasteiger partial charge is 0.246 e. The molecule has 0 atom stereocenters.